The Morgan fingerprint density at radius 1 is 1.13 bits per heavy atom. The van der Waals surface area contributed by atoms with Crippen LogP contribution in [0.1, 0.15) is 11.4 Å². The van der Waals surface area contributed by atoms with Gasteiger partial charge in [-0.3, -0.25) is 4.79 Å². The van der Waals surface area contributed by atoms with Gasteiger partial charge in [0.15, 0.2) is 0 Å². The summed E-state index contributed by atoms with van der Waals surface area (Å²) in [5, 5.41) is 0. The van der Waals surface area contributed by atoms with Gasteiger partial charge in [0.1, 0.15) is 18.2 Å². The number of nitrogen functional groups attached to an aromatic ring is 1. The minimum absolute atomic E-state index is 0.196. The van der Waals surface area contributed by atoms with Crippen LogP contribution < -0.4 is 16.0 Å². The minimum atomic E-state index is -0.213. The van der Waals surface area contributed by atoms with Crippen molar-refractivity contribution in [1.82, 2.24) is 9.97 Å². The molecule has 2 aromatic carbocycles. The van der Waals surface area contributed by atoms with E-state index in [-0.39, 0.29) is 12.2 Å². The summed E-state index contributed by atoms with van der Waals surface area (Å²) in [5.74, 6) is 1.22. The Labute approximate surface area is 133 Å². The number of hydrogen-bond acceptors (Lipinski definition) is 4. The summed E-state index contributed by atoms with van der Waals surface area (Å²) in [7, 11) is 0. The Balaban J connectivity index is 1.83. The zero-order valence-electron chi connectivity index (χ0n) is 12.7. The lowest BCUT2D eigenvalue weighted by atomic mass is 10.1. The van der Waals surface area contributed by atoms with E-state index in [1.807, 2.05) is 43.3 Å². The van der Waals surface area contributed by atoms with E-state index in [9.17, 15) is 4.79 Å². The Morgan fingerprint density at radius 2 is 1.91 bits per heavy atom. The zero-order chi connectivity index (χ0) is 16.2. The predicted octanol–water partition coefficient (Wildman–Crippen LogP) is 2.91. The maximum absolute atomic E-state index is 11.8. The van der Waals surface area contributed by atoms with Gasteiger partial charge < -0.3 is 15.5 Å². The van der Waals surface area contributed by atoms with Gasteiger partial charge in [0.25, 0.3) is 5.56 Å². The van der Waals surface area contributed by atoms with Gasteiger partial charge in [-0.15, -0.1) is 0 Å². The first kappa shape index (κ1) is 14.8. The van der Waals surface area contributed by atoms with E-state index < -0.39 is 0 Å². The first-order valence-corrected chi connectivity index (χ1v) is 7.26. The van der Waals surface area contributed by atoms with E-state index in [1.165, 1.54) is 6.07 Å². The number of anilines is 1. The SMILES string of the molecule is Cc1cccc(OCc2nc(-c3ccc(N)cc3)cc(=O)[nH]2)c1. The highest BCUT2D eigenvalue weighted by Crippen LogP contribution is 2.18. The molecular formula is C18H17N3O2. The number of ether oxygens (including phenoxy) is 1. The van der Waals surface area contributed by atoms with Crippen LogP contribution in [0.2, 0.25) is 0 Å². The van der Waals surface area contributed by atoms with E-state index in [2.05, 4.69) is 9.97 Å². The van der Waals surface area contributed by atoms with Crippen LogP contribution in [0.3, 0.4) is 0 Å². The molecular weight excluding hydrogens is 290 g/mol. The van der Waals surface area contributed by atoms with Gasteiger partial charge in [-0.1, -0.05) is 24.3 Å². The first-order valence-electron chi connectivity index (χ1n) is 7.26. The van der Waals surface area contributed by atoms with E-state index in [0.29, 0.717) is 17.2 Å². The fourth-order valence-electron chi connectivity index (χ4n) is 2.24. The maximum Gasteiger partial charge on any atom is 0.251 e. The molecule has 0 aliphatic rings. The fraction of sp³-hybridized carbons (Fsp3) is 0.111. The predicted molar refractivity (Wildman–Crippen MR) is 90.2 cm³/mol. The lowest BCUT2D eigenvalue weighted by Gasteiger charge is -2.08. The Bertz CT molecular complexity index is 870. The third-order valence-electron chi connectivity index (χ3n) is 3.36. The van der Waals surface area contributed by atoms with Crippen LogP contribution in [-0.2, 0) is 6.61 Å². The number of aromatic nitrogens is 2. The van der Waals surface area contributed by atoms with Crippen LogP contribution in [0, 0.1) is 6.92 Å². The number of nitrogens with two attached hydrogens (primary N) is 1. The van der Waals surface area contributed by atoms with Gasteiger partial charge in [-0.05, 0) is 36.8 Å². The molecule has 5 nitrogen and oxygen atoms in total. The molecule has 0 saturated heterocycles. The number of aryl methyl sites for hydroxylation is 1. The molecule has 0 radical (unpaired) electrons. The second-order valence-electron chi connectivity index (χ2n) is 5.30. The number of aromatic amines is 1. The van der Waals surface area contributed by atoms with E-state index in [4.69, 9.17) is 10.5 Å². The molecule has 23 heavy (non-hydrogen) atoms. The summed E-state index contributed by atoms with van der Waals surface area (Å²) in [4.78, 5) is 19.0. The highest BCUT2D eigenvalue weighted by atomic mass is 16.5. The molecule has 0 atom stereocenters. The molecule has 3 N–H and O–H groups in total. The Kier molecular flexibility index (Phi) is 4.10. The summed E-state index contributed by atoms with van der Waals surface area (Å²) in [6, 6.07) is 16.4. The number of nitrogens with zero attached hydrogens (tertiary/aromatic N) is 1. The molecule has 0 amide bonds. The zero-order valence-corrected chi connectivity index (χ0v) is 12.7. The lowest BCUT2D eigenvalue weighted by Crippen LogP contribution is -2.13. The molecule has 3 aromatic rings. The summed E-state index contributed by atoms with van der Waals surface area (Å²) >= 11 is 0. The quantitative estimate of drug-likeness (QED) is 0.726. The first-order chi connectivity index (χ1) is 11.1. The van der Waals surface area contributed by atoms with Gasteiger partial charge >= 0.3 is 0 Å². The standard InChI is InChI=1S/C18H17N3O2/c1-12-3-2-4-15(9-12)23-11-17-20-16(10-18(22)21-17)13-5-7-14(19)8-6-13/h2-10H,11,19H2,1H3,(H,20,21,22). The summed E-state index contributed by atoms with van der Waals surface area (Å²) in [6.07, 6.45) is 0. The molecule has 0 bridgehead atoms. The van der Waals surface area contributed by atoms with Crippen LogP contribution >= 0.6 is 0 Å². The molecule has 1 aromatic heterocycles. The van der Waals surface area contributed by atoms with Gasteiger partial charge in [-0.25, -0.2) is 4.98 Å². The normalized spacial score (nSPS) is 10.5. The molecule has 116 valence electrons. The fourth-order valence-corrected chi connectivity index (χ4v) is 2.24. The largest absolute Gasteiger partial charge is 0.486 e. The average molecular weight is 307 g/mol. The van der Waals surface area contributed by atoms with E-state index in [1.54, 1.807) is 12.1 Å². The van der Waals surface area contributed by atoms with Crippen molar-refractivity contribution in [1.29, 1.82) is 0 Å². The second kappa shape index (κ2) is 6.36. The number of H-pyrrole nitrogens is 1. The highest BCUT2D eigenvalue weighted by molar-refractivity contribution is 5.61. The van der Waals surface area contributed by atoms with Crippen LogP contribution in [0.15, 0.2) is 59.4 Å². The summed E-state index contributed by atoms with van der Waals surface area (Å²) in [6.45, 7) is 2.19. The molecule has 0 aliphatic heterocycles. The van der Waals surface area contributed by atoms with Crippen molar-refractivity contribution >= 4 is 5.69 Å². The smallest absolute Gasteiger partial charge is 0.251 e. The van der Waals surface area contributed by atoms with Crippen LogP contribution in [0.5, 0.6) is 5.75 Å². The van der Waals surface area contributed by atoms with Crippen molar-refractivity contribution < 1.29 is 4.74 Å². The molecule has 1 heterocycles. The van der Waals surface area contributed by atoms with Gasteiger partial charge in [0.05, 0.1) is 5.69 Å². The van der Waals surface area contributed by atoms with Crippen molar-refractivity contribution in [2.24, 2.45) is 0 Å². The van der Waals surface area contributed by atoms with Crippen LogP contribution in [0.25, 0.3) is 11.3 Å². The molecule has 0 saturated carbocycles. The Hall–Kier alpha value is -3.08. The topological polar surface area (TPSA) is 81.0 Å². The third kappa shape index (κ3) is 3.77. The highest BCUT2D eigenvalue weighted by Gasteiger charge is 2.05. The molecule has 5 heteroatoms. The molecule has 0 aliphatic carbocycles. The number of nitrogens with one attached hydrogen (secondary N) is 1. The number of rotatable bonds is 4. The minimum Gasteiger partial charge on any atom is -0.486 e. The maximum atomic E-state index is 11.8. The lowest BCUT2D eigenvalue weighted by molar-refractivity contribution is 0.295. The molecule has 0 unspecified atom stereocenters. The van der Waals surface area contributed by atoms with Gasteiger partial charge in [0, 0.05) is 17.3 Å². The molecule has 0 fully saturated rings. The van der Waals surface area contributed by atoms with E-state index >= 15 is 0 Å². The number of hydrogen-bond donors (Lipinski definition) is 2. The molecule has 3 rings (SSSR count). The Morgan fingerprint density at radius 3 is 2.65 bits per heavy atom. The van der Waals surface area contributed by atoms with Crippen molar-refractivity contribution in [3.8, 4) is 17.0 Å². The molecule has 0 spiro atoms. The summed E-state index contributed by atoms with van der Waals surface area (Å²) < 4.78 is 5.69. The van der Waals surface area contributed by atoms with Crippen molar-refractivity contribution in [3.63, 3.8) is 0 Å². The van der Waals surface area contributed by atoms with Crippen molar-refractivity contribution in [3.05, 3.63) is 76.3 Å². The van der Waals surface area contributed by atoms with Crippen molar-refractivity contribution in [2.45, 2.75) is 13.5 Å². The monoisotopic (exact) mass is 307 g/mol. The van der Waals surface area contributed by atoms with Gasteiger partial charge in [-0.2, -0.15) is 0 Å². The van der Waals surface area contributed by atoms with Crippen LogP contribution in [-0.4, -0.2) is 9.97 Å². The summed E-state index contributed by atoms with van der Waals surface area (Å²) in [5.41, 5.74) is 8.68. The van der Waals surface area contributed by atoms with Crippen LogP contribution in [0.4, 0.5) is 5.69 Å². The van der Waals surface area contributed by atoms with Gasteiger partial charge in [0.2, 0.25) is 0 Å². The average Bonchev–Trinajstić information content (AvgIpc) is 2.53. The van der Waals surface area contributed by atoms with E-state index in [0.717, 1.165) is 16.9 Å². The third-order valence-corrected chi connectivity index (χ3v) is 3.36. The second-order valence-corrected chi connectivity index (χ2v) is 5.30. The van der Waals surface area contributed by atoms with Crippen molar-refractivity contribution in [2.75, 3.05) is 5.73 Å². The number of benzene rings is 2.